The first-order valence-electron chi connectivity index (χ1n) is 11.9. The number of methoxy groups -OCH3 is 1. The Morgan fingerprint density at radius 3 is 1.57 bits per heavy atom. The van der Waals surface area contributed by atoms with Gasteiger partial charge in [0.2, 0.25) is 0 Å². The summed E-state index contributed by atoms with van der Waals surface area (Å²) in [5.41, 5.74) is 10.6. The van der Waals surface area contributed by atoms with Crippen LogP contribution in [0.3, 0.4) is 0 Å². The molecule has 2 aromatic heterocycles. The van der Waals surface area contributed by atoms with Crippen molar-refractivity contribution in [3.63, 3.8) is 0 Å². The fourth-order valence-corrected chi connectivity index (χ4v) is 5.48. The minimum absolute atomic E-state index is 0.853. The van der Waals surface area contributed by atoms with Crippen LogP contribution in [0.2, 0.25) is 0 Å². The molecule has 0 aliphatic heterocycles. The first-order valence-corrected chi connectivity index (χ1v) is 11.9. The average molecular weight is 453 g/mol. The third kappa shape index (κ3) is 2.91. The number of aromatic amines is 2. The largest absolute Gasteiger partial charge is 0.497 e. The van der Waals surface area contributed by atoms with Gasteiger partial charge < -0.3 is 14.7 Å². The second-order valence-electron chi connectivity index (χ2n) is 9.19. The van der Waals surface area contributed by atoms with Crippen LogP contribution in [0.25, 0.3) is 65.9 Å². The first-order chi connectivity index (χ1) is 17.2. The number of hydrogen-bond acceptors (Lipinski definition) is 1. The number of fused-ring (bicyclic) bond motifs is 6. The number of nitrogens with one attached hydrogen (secondary N) is 2. The Labute approximate surface area is 203 Å². The molecule has 2 heterocycles. The van der Waals surface area contributed by atoms with Crippen molar-refractivity contribution >= 4 is 43.6 Å². The molecule has 0 bridgehead atoms. The summed E-state index contributed by atoms with van der Waals surface area (Å²) in [7, 11) is 1.71. The van der Waals surface area contributed by atoms with Crippen molar-refractivity contribution in [1.82, 2.24) is 9.97 Å². The van der Waals surface area contributed by atoms with Crippen LogP contribution in [-0.4, -0.2) is 17.1 Å². The molecule has 2 N–H and O–H groups in total. The van der Waals surface area contributed by atoms with E-state index in [9.17, 15) is 0 Å². The number of aryl methyl sites for hydroxylation is 1. The molecule has 7 rings (SSSR count). The lowest BCUT2D eigenvalue weighted by Gasteiger charge is -2.14. The summed E-state index contributed by atoms with van der Waals surface area (Å²) in [5.74, 6) is 0.853. The third-order valence-corrected chi connectivity index (χ3v) is 7.13. The Balaban J connectivity index is 1.76. The number of H-pyrrole nitrogens is 2. The molecule has 0 amide bonds. The lowest BCUT2D eigenvalue weighted by Crippen LogP contribution is -1.90. The molecule has 168 valence electrons. The topological polar surface area (TPSA) is 40.8 Å². The zero-order chi connectivity index (χ0) is 23.5. The number of para-hydroxylation sites is 2. The summed E-state index contributed by atoms with van der Waals surface area (Å²) in [6.07, 6.45) is 0. The molecule has 3 heteroatoms. The van der Waals surface area contributed by atoms with E-state index in [0.717, 1.165) is 33.4 Å². The molecule has 3 nitrogen and oxygen atoms in total. The predicted molar refractivity (Wildman–Crippen MR) is 147 cm³/mol. The zero-order valence-corrected chi connectivity index (χ0v) is 19.6. The predicted octanol–water partition coefficient (Wildman–Crippen LogP) is 8.61. The summed E-state index contributed by atoms with van der Waals surface area (Å²) in [6, 6.07) is 34.5. The molecule has 0 saturated carbocycles. The van der Waals surface area contributed by atoms with Crippen LogP contribution in [0, 0.1) is 6.92 Å². The molecule has 0 aliphatic rings. The summed E-state index contributed by atoms with van der Waals surface area (Å²) >= 11 is 0. The number of rotatable bonds is 3. The van der Waals surface area contributed by atoms with Gasteiger partial charge in [-0.15, -0.1) is 0 Å². The Kier molecular flexibility index (Phi) is 4.27. The van der Waals surface area contributed by atoms with Crippen molar-refractivity contribution in [1.29, 1.82) is 0 Å². The van der Waals surface area contributed by atoms with Gasteiger partial charge in [-0.2, -0.15) is 0 Å². The molecule has 0 fully saturated rings. The minimum atomic E-state index is 0.853. The van der Waals surface area contributed by atoms with Crippen LogP contribution in [0.15, 0.2) is 97.1 Å². The van der Waals surface area contributed by atoms with E-state index >= 15 is 0 Å². The molecule has 0 atom stereocenters. The highest BCUT2D eigenvalue weighted by molar-refractivity contribution is 6.32. The van der Waals surface area contributed by atoms with Crippen molar-refractivity contribution in [3.8, 4) is 28.0 Å². The van der Waals surface area contributed by atoms with Crippen molar-refractivity contribution in [2.45, 2.75) is 6.92 Å². The van der Waals surface area contributed by atoms with Gasteiger partial charge in [-0.3, -0.25) is 0 Å². The lowest BCUT2D eigenvalue weighted by molar-refractivity contribution is 0.415. The average Bonchev–Trinajstić information content (AvgIpc) is 3.47. The molecule has 0 radical (unpaired) electrons. The van der Waals surface area contributed by atoms with Crippen LogP contribution >= 0.6 is 0 Å². The molecule has 35 heavy (non-hydrogen) atoms. The Hall–Kier alpha value is -4.50. The maximum atomic E-state index is 5.45. The first kappa shape index (κ1) is 19.9. The lowest BCUT2D eigenvalue weighted by atomic mass is 9.89. The van der Waals surface area contributed by atoms with E-state index in [1.807, 2.05) is 12.1 Å². The van der Waals surface area contributed by atoms with Gasteiger partial charge in [0, 0.05) is 43.7 Å². The monoisotopic (exact) mass is 452 g/mol. The second-order valence-corrected chi connectivity index (χ2v) is 9.19. The molecule has 5 aromatic carbocycles. The fourth-order valence-electron chi connectivity index (χ4n) is 5.48. The Bertz CT molecular complexity index is 1780. The standard InChI is InChI=1S/C32H24N2O/c1-19-11-13-20(14-12-19)27-29-23-7-3-5-9-25(23)33-31(29)28(21-15-17-22(35-2)18-16-21)32-30(27)24-8-4-6-10-26(24)34-32/h3-18,33-34H,1-2H3. The molecule has 0 unspecified atom stereocenters. The fraction of sp³-hybridized carbons (Fsp3) is 0.0625. The molecule has 7 aromatic rings. The molecular formula is C32H24N2O. The number of hydrogen-bond donors (Lipinski definition) is 2. The molecule has 0 spiro atoms. The second kappa shape index (κ2) is 7.51. The van der Waals surface area contributed by atoms with Gasteiger partial charge in [0.1, 0.15) is 5.75 Å². The van der Waals surface area contributed by atoms with Crippen LogP contribution in [-0.2, 0) is 0 Å². The normalized spacial score (nSPS) is 11.7. The zero-order valence-electron chi connectivity index (χ0n) is 19.6. The van der Waals surface area contributed by atoms with E-state index in [-0.39, 0.29) is 0 Å². The quantitative estimate of drug-likeness (QED) is 0.277. The number of aromatic nitrogens is 2. The maximum absolute atomic E-state index is 5.45. The van der Waals surface area contributed by atoms with Crippen LogP contribution in [0.4, 0.5) is 0 Å². The van der Waals surface area contributed by atoms with Crippen molar-refractivity contribution in [3.05, 3.63) is 103 Å². The number of ether oxygens (including phenoxy) is 1. The van der Waals surface area contributed by atoms with Crippen LogP contribution < -0.4 is 4.74 Å². The Morgan fingerprint density at radius 2 is 1.03 bits per heavy atom. The van der Waals surface area contributed by atoms with E-state index in [4.69, 9.17) is 4.74 Å². The Morgan fingerprint density at radius 1 is 0.543 bits per heavy atom. The minimum Gasteiger partial charge on any atom is -0.497 e. The third-order valence-electron chi connectivity index (χ3n) is 7.13. The van der Waals surface area contributed by atoms with Gasteiger partial charge in [0.25, 0.3) is 0 Å². The molecule has 0 aliphatic carbocycles. The highest BCUT2D eigenvalue weighted by Gasteiger charge is 2.23. The van der Waals surface area contributed by atoms with E-state index in [1.165, 1.54) is 43.8 Å². The highest BCUT2D eigenvalue weighted by atomic mass is 16.5. The summed E-state index contributed by atoms with van der Waals surface area (Å²) in [6.45, 7) is 2.14. The smallest absolute Gasteiger partial charge is 0.118 e. The van der Waals surface area contributed by atoms with Gasteiger partial charge in [0.05, 0.1) is 18.1 Å². The number of benzene rings is 5. The van der Waals surface area contributed by atoms with E-state index in [2.05, 4.69) is 102 Å². The van der Waals surface area contributed by atoms with Gasteiger partial charge in [-0.25, -0.2) is 0 Å². The SMILES string of the molecule is COc1ccc(-c2c3[nH]c4ccccc4c3c(-c3ccc(C)cc3)c3c2[nH]c2ccccc23)cc1. The molecule has 0 saturated heterocycles. The van der Waals surface area contributed by atoms with Crippen molar-refractivity contribution in [2.24, 2.45) is 0 Å². The van der Waals surface area contributed by atoms with Gasteiger partial charge in [0.15, 0.2) is 0 Å². The van der Waals surface area contributed by atoms with Crippen LogP contribution in [0.1, 0.15) is 5.56 Å². The summed E-state index contributed by atoms with van der Waals surface area (Å²) in [5, 5.41) is 4.99. The van der Waals surface area contributed by atoms with E-state index < -0.39 is 0 Å². The van der Waals surface area contributed by atoms with Crippen molar-refractivity contribution in [2.75, 3.05) is 7.11 Å². The summed E-state index contributed by atoms with van der Waals surface area (Å²) in [4.78, 5) is 7.56. The van der Waals surface area contributed by atoms with Gasteiger partial charge in [-0.1, -0.05) is 78.4 Å². The van der Waals surface area contributed by atoms with Crippen LogP contribution in [0.5, 0.6) is 5.75 Å². The summed E-state index contributed by atoms with van der Waals surface area (Å²) < 4.78 is 5.45. The van der Waals surface area contributed by atoms with Gasteiger partial charge >= 0.3 is 0 Å². The van der Waals surface area contributed by atoms with Gasteiger partial charge in [-0.05, 0) is 42.3 Å². The van der Waals surface area contributed by atoms with E-state index in [0.29, 0.717) is 0 Å². The highest BCUT2D eigenvalue weighted by Crippen LogP contribution is 2.48. The maximum Gasteiger partial charge on any atom is 0.118 e. The van der Waals surface area contributed by atoms with E-state index in [1.54, 1.807) is 7.11 Å². The van der Waals surface area contributed by atoms with Crippen molar-refractivity contribution < 1.29 is 4.74 Å². The molecular weight excluding hydrogens is 428 g/mol.